The molecule has 1 aromatic carbocycles. The molecule has 1 aliphatic rings. The number of halogens is 1. The summed E-state index contributed by atoms with van der Waals surface area (Å²) in [6.45, 7) is 7.68. The summed E-state index contributed by atoms with van der Waals surface area (Å²) in [5, 5.41) is 4.59. The lowest BCUT2D eigenvalue weighted by Crippen LogP contribution is -2.51. The van der Waals surface area contributed by atoms with Gasteiger partial charge in [0.05, 0.1) is 15.2 Å². The number of piperazine rings is 1. The fraction of sp³-hybridized carbons (Fsp3) is 0.467. The first-order valence-electron chi connectivity index (χ1n) is 7.43. The molecule has 1 aliphatic heterocycles. The largest absolute Gasteiger partial charge is 0.345 e. The van der Waals surface area contributed by atoms with Crippen molar-refractivity contribution in [3.63, 3.8) is 0 Å². The summed E-state index contributed by atoms with van der Waals surface area (Å²) < 4.78 is 1.04. The van der Waals surface area contributed by atoms with Crippen LogP contribution in [0.4, 0.5) is 9.93 Å². The zero-order chi connectivity index (χ0) is 15.7. The number of nitrogens with one attached hydrogen (secondary N) is 1. The molecule has 5 nitrogen and oxygen atoms in total. The van der Waals surface area contributed by atoms with Crippen LogP contribution >= 0.6 is 22.9 Å². The lowest BCUT2D eigenvalue weighted by Gasteiger charge is -2.34. The van der Waals surface area contributed by atoms with Crippen molar-refractivity contribution in [2.24, 2.45) is 0 Å². The van der Waals surface area contributed by atoms with E-state index < -0.39 is 0 Å². The molecule has 1 N–H and O–H groups in total. The van der Waals surface area contributed by atoms with Gasteiger partial charge in [0.1, 0.15) is 0 Å². The lowest BCUT2D eigenvalue weighted by molar-refractivity contribution is 0.195. The van der Waals surface area contributed by atoms with E-state index in [9.17, 15) is 4.79 Å². The molecule has 0 atom stereocenters. The van der Waals surface area contributed by atoms with E-state index in [1.807, 2.05) is 24.0 Å². The molecule has 1 saturated heterocycles. The van der Waals surface area contributed by atoms with Crippen LogP contribution in [0.25, 0.3) is 10.2 Å². The molecule has 0 unspecified atom stereocenters. The molecule has 0 radical (unpaired) electrons. The maximum absolute atomic E-state index is 11.8. The number of rotatable bonds is 2. The second-order valence-electron chi connectivity index (χ2n) is 5.35. The third-order valence-corrected chi connectivity index (χ3v) is 5.43. The molecule has 2 heterocycles. The van der Waals surface area contributed by atoms with Crippen molar-refractivity contribution in [2.45, 2.75) is 13.8 Å². The summed E-state index contributed by atoms with van der Waals surface area (Å²) in [5.41, 5.74) is 2.13. The predicted molar refractivity (Wildman–Crippen MR) is 92.2 cm³/mol. The lowest BCUT2D eigenvalue weighted by atomic mass is 10.2. The number of aromatic nitrogens is 1. The van der Waals surface area contributed by atoms with Gasteiger partial charge in [-0.25, -0.2) is 9.78 Å². The first-order valence-corrected chi connectivity index (χ1v) is 8.63. The Morgan fingerprint density at radius 2 is 2.09 bits per heavy atom. The van der Waals surface area contributed by atoms with Crippen molar-refractivity contribution in [3.05, 3.63) is 22.7 Å². The van der Waals surface area contributed by atoms with Crippen molar-refractivity contribution in [2.75, 3.05) is 37.6 Å². The van der Waals surface area contributed by atoms with E-state index in [1.165, 1.54) is 0 Å². The number of hydrogen-bond donors (Lipinski definition) is 1. The second kappa shape index (κ2) is 6.30. The van der Waals surface area contributed by atoms with Crippen LogP contribution in [-0.4, -0.2) is 48.6 Å². The van der Waals surface area contributed by atoms with Crippen molar-refractivity contribution in [1.82, 2.24) is 15.2 Å². The maximum atomic E-state index is 11.8. The number of amides is 2. The number of thiazole rings is 1. The van der Waals surface area contributed by atoms with Gasteiger partial charge in [-0.3, -0.25) is 0 Å². The average molecular weight is 339 g/mol. The fourth-order valence-corrected chi connectivity index (χ4v) is 3.96. The molecule has 0 aliphatic carbocycles. The highest BCUT2D eigenvalue weighted by molar-refractivity contribution is 7.22. The number of urea groups is 1. The zero-order valence-electron chi connectivity index (χ0n) is 12.7. The molecule has 22 heavy (non-hydrogen) atoms. The third kappa shape index (κ3) is 2.85. The Labute approximate surface area is 138 Å². The predicted octanol–water partition coefficient (Wildman–Crippen LogP) is 3.11. The Morgan fingerprint density at radius 3 is 2.73 bits per heavy atom. The summed E-state index contributed by atoms with van der Waals surface area (Å²) in [7, 11) is 0. The Bertz CT molecular complexity index is 655. The van der Waals surface area contributed by atoms with Crippen molar-refractivity contribution >= 4 is 44.3 Å². The highest BCUT2D eigenvalue weighted by atomic mass is 35.5. The molecular formula is C15H19ClN4OS. The van der Waals surface area contributed by atoms with Crippen LogP contribution < -0.4 is 10.2 Å². The minimum atomic E-state index is 0.0188. The standard InChI is InChI=1S/C15H19ClN4OS/c1-3-17-14(21)19-6-8-20(9-7-19)15-18-12-10(2)4-5-11(16)13(12)22-15/h4-5H,3,6-9H2,1-2H3,(H,17,21). The van der Waals surface area contributed by atoms with Gasteiger partial charge < -0.3 is 15.1 Å². The van der Waals surface area contributed by atoms with E-state index >= 15 is 0 Å². The van der Waals surface area contributed by atoms with Gasteiger partial charge in [-0.2, -0.15) is 0 Å². The molecule has 0 spiro atoms. The zero-order valence-corrected chi connectivity index (χ0v) is 14.3. The smallest absolute Gasteiger partial charge is 0.317 e. The van der Waals surface area contributed by atoms with Gasteiger partial charge in [-0.05, 0) is 25.5 Å². The van der Waals surface area contributed by atoms with E-state index in [1.54, 1.807) is 11.3 Å². The molecular weight excluding hydrogens is 320 g/mol. The van der Waals surface area contributed by atoms with E-state index in [4.69, 9.17) is 16.6 Å². The number of carbonyl (C=O) groups is 1. The SMILES string of the molecule is CCNC(=O)N1CCN(c2nc3c(C)ccc(Cl)c3s2)CC1. The number of aryl methyl sites for hydroxylation is 1. The van der Waals surface area contributed by atoms with Crippen molar-refractivity contribution < 1.29 is 4.79 Å². The minimum absolute atomic E-state index is 0.0188. The van der Waals surface area contributed by atoms with Gasteiger partial charge >= 0.3 is 6.03 Å². The number of nitrogens with zero attached hydrogens (tertiary/aromatic N) is 3. The number of anilines is 1. The highest BCUT2D eigenvalue weighted by Gasteiger charge is 2.23. The summed E-state index contributed by atoms with van der Waals surface area (Å²) in [6.07, 6.45) is 0. The van der Waals surface area contributed by atoms with E-state index in [0.717, 1.165) is 39.0 Å². The van der Waals surface area contributed by atoms with E-state index in [-0.39, 0.29) is 6.03 Å². The summed E-state index contributed by atoms with van der Waals surface area (Å²) in [4.78, 5) is 20.7. The molecule has 7 heteroatoms. The number of carbonyl (C=O) groups excluding carboxylic acids is 1. The van der Waals surface area contributed by atoms with Gasteiger partial charge in [0.25, 0.3) is 0 Å². The summed E-state index contributed by atoms with van der Waals surface area (Å²) >= 11 is 7.90. The van der Waals surface area contributed by atoms with Gasteiger partial charge in [0.2, 0.25) is 0 Å². The van der Waals surface area contributed by atoms with Gasteiger partial charge in [0, 0.05) is 32.7 Å². The quantitative estimate of drug-likeness (QED) is 0.915. The van der Waals surface area contributed by atoms with E-state index in [0.29, 0.717) is 19.6 Å². The number of hydrogen-bond acceptors (Lipinski definition) is 4. The normalized spacial score (nSPS) is 15.4. The van der Waals surface area contributed by atoms with Crippen molar-refractivity contribution in [3.8, 4) is 0 Å². The Balaban J connectivity index is 1.75. The van der Waals surface area contributed by atoms with Crippen LogP contribution in [-0.2, 0) is 0 Å². The third-order valence-electron chi connectivity index (χ3n) is 3.85. The van der Waals surface area contributed by atoms with Gasteiger partial charge in [-0.1, -0.05) is 29.0 Å². The first kappa shape index (κ1) is 15.4. The molecule has 2 aromatic rings. The second-order valence-corrected chi connectivity index (χ2v) is 6.73. The van der Waals surface area contributed by atoms with Crippen LogP contribution in [0.15, 0.2) is 12.1 Å². The maximum Gasteiger partial charge on any atom is 0.317 e. The minimum Gasteiger partial charge on any atom is -0.345 e. The Morgan fingerprint density at radius 1 is 1.36 bits per heavy atom. The first-order chi connectivity index (χ1) is 10.6. The van der Waals surface area contributed by atoms with Crippen LogP contribution in [0.3, 0.4) is 0 Å². The molecule has 118 valence electrons. The average Bonchev–Trinajstić information content (AvgIpc) is 2.98. The van der Waals surface area contributed by atoms with Crippen LogP contribution in [0.1, 0.15) is 12.5 Å². The highest BCUT2D eigenvalue weighted by Crippen LogP contribution is 2.35. The summed E-state index contributed by atoms with van der Waals surface area (Å²) in [6, 6.07) is 3.94. The van der Waals surface area contributed by atoms with E-state index in [2.05, 4.69) is 17.1 Å². The molecule has 1 fully saturated rings. The Hall–Kier alpha value is -1.53. The number of fused-ring (bicyclic) bond motifs is 1. The molecule has 0 saturated carbocycles. The monoisotopic (exact) mass is 338 g/mol. The van der Waals surface area contributed by atoms with Crippen LogP contribution in [0.2, 0.25) is 5.02 Å². The van der Waals surface area contributed by atoms with Crippen molar-refractivity contribution in [1.29, 1.82) is 0 Å². The molecule has 2 amide bonds. The van der Waals surface area contributed by atoms with Gasteiger partial charge in [-0.15, -0.1) is 0 Å². The van der Waals surface area contributed by atoms with Crippen LogP contribution in [0.5, 0.6) is 0 Å². The van der Waals surface area contributed by atoms with Crippen LogP contribution in [0, 0.1) is 6.92 Å². The Kier molecular flexibility index (Phi) is 4.40. The summed E-state index contributed by atoms with van der Waals surface area (Å²) in [5.74, 6) is 0. The molecule has 0 bridgehead atoms. The fourth-order valence-electron chi connectivity index (χ4n) is 2.59. The topological polar surface area (TPSA) is 48.5 Å². The number of benzene rings is 1. The van der Waals surface area contributed by atoms with Gasteiger partial charge in [0.15, 0.2) is 5.13 Å². The molecule has 3 rings (SSSR count). The molecule has 1 aromatic heterocycles.